The van der Waals surface area contributed by atoms with Crippen LogP contribution in [0.1, 0.15) is 27.0 Å². The zero-order chi connectivity index (χ0) is 20.4. The number of H-pyrrole nitrogens is 1. The molecule has 4 nitrogen and oxygen atoms in total. The van der Waals surface area contributed by atoms with E-state index in [4.69, 9.17) is 0 Å². The standard InChI is InChI=1S/C25H22N2O2/c1-17-9-8-14-23(18(17)2)27(25(29)19-10-4-3-5-11-19)16-21-15-20-12-6-7-13-22(20)26-24(21)28/h3-15H,16H2,1-2H3,(H,26,28). The van der Waals surface area contributed by atoms with Crippen molar-refractivity contribution in [2.24, 2.45) is 0 Å². The van der Waals surface area contributed by atoms with Crippen LogP contribution in [0.3, 0.4) is 0 Å². The van der Waals surface area contributed by atoms with E-state index in [9.17, 15) is 9.59 Å². The third-order valence-corrected chi connectivity index (χ3v) is 5.29. The van der Waals surface area contributed by atoms with E-state index in [2.05, 4.69) is 4.98 Å². The molecule has 1 heterocycles. The first-order chi connectivity index (χ1) is 14.0. The number of para-hydroxylation sites is 1. The van der Waals surface area contributed by atoms with Crippen LogP contribution in [0.5, 0.6) is 0 Å². The molecule has 0 bridgehead atoms. The van der Waals surface area contributed by atoms with Crippen molar-refractivity contribution in [2.45, 2.75) is 20.4 Å². The zero-order valence-electron chi connectivity index (χ0n) is 16.5. The van der Waals surface area contributed by atoms with E-state index in [0.717, 1.165) is 27.7 Å². The number of carbonyl (C=O) groups is 1. The van der Waals surface area contributed by atoms with E-state index in [-0.39, 0.29) is 18.0 Å². The number of amides is 1. The second-order valence-electron chi connectivity index (χ2n) is 7.19. The van der Waals surface area contributed by atoms with Gasteiger partial charge in [-0.2, -0.15) is 0 Å². The maximum absolute atomic E-state index is 13.4. The lowest BCUT2D eigenvalue weighted by molar-refractivity contribution is 0.0985. The van der Waals surface area contributed by atoms with Crippen molar-refractivity contribution >= 4 is 22.5 Å². The highest BCUT2D eigenvalue weighted by molar-refractivity contribution is 6.06. The lowest BCUT2D eigenvalue weighted by Crippen LogP contribution is -2.33. The van der Waals surface area contributed by atoms with Gasteiger partial charge in [0.1, 0.15) is 0 Å². The summed E-state index contributed by atoms with van der Waals surface area (Å²) >= 11 is 0. The van der Waals surface area contributed by atoms with Gasteiger partial charge in [-0.15, -0.1) is 0 Å². The number of nitrogens with zero attached hydrogens (tertiary/aromatic N) is 1. The van der Waals surface area contributed by atoms with E-state index in [0.29, 0.717) is 11.1 Å². The van der Waals surface area contributed by atoms with Crippen molar-refractivity contribution in [3.8, 4) is 0 Å². The number of fused-ring (bicyclic) bond motifs is 1. The fourth-order valence-electron chi connectivity index (χ4n) is 3.51. The van der Waals surface area contributed by atoms with Crippen molar-refractivity contribution in [3.63, 3.8) is 0 Å². The molecular weight excluding hydrogens is 360 g/mol. The van der Waals surface area contributed by atoms with Gasteiger partial charge in [0.2, 0.25) is 0 Å². The van der Waals surface area contributed by atoms with Gasteiger partial charge in [-0.25, -0.2) is 0 Å². The molecule has 1 N–H and O–H groups in total. The van der Waals surface area contributed by atoms with Gasteiger partial charge in [0.05, 0.1) is 6.54 Å². The maximum atomic E-state index is 13.4. The summed E-state index contributed by atoms with van der Waals surface area (Å²) in [5.74, 6) is -0.133. The van der Waals surface area contributed by atoms with Gasteiger partial charge >= 0.3 is 0 Å². The fraction of sp³-hybridized carbons (Fsp3) is 0.120. The number of anilines is 1. The Morgan fingerprint density at radius 2 is 1.62 bits per heavy atom. The lowest BCUT2D eigenvalue weighted by atomic mass is 10.0. The molecule has 4 aromatic rings. The summed E-state index contributed by atoms with van der Waals surface area (Å²) in [6.07, 6.45) is 0. The highest BCUT2D eigenvalue weighted by Gasteiger charge is 2.21. The number of hydrogen-bond donors (Lipinski definition) is 1. The summed E-state index contributed by atoms with van der Waals surface area (Å²) in [6.45, 7) is 4.21. The molecular formula is C25H22N2O2. The number of aromatic nitrogens is 1. The summed E-state index contributed by atoms with van der Waals surface area (Å²) in [5, 5.41) is 0.940. The number of pyridine rings is 1. The normalized spacial score (nSPS) is 10.8. The Balaban J connectivity index is 1.83. The molecule has 0 radical (unpaired) electrons. The van der Waals surface area contributed by atoms with E-state index in [1.807, 2.05) is 80.6 Å². The molecule has 0 unspecified atom stereocenters. The third kappa shape index (κ3) is 3.69. The number of benzene rings is 3. The minimum Gasteiger partial charge on any atom is -0.322 e. The highest BCUT2D eigenvalue weighted by atomic mass is 16.2. The summed E-state index contributed by atoms with van der Waals surface area (Å²) < 4.78 is 0. The highest BCUT2D eigenvalue weighted by Crippen LogP contribution is 2.26. The summed E-state index contributed by atoms with van der Waals surface area (Å²) in [7, 11) is 0. The Morgan fingerprint density at radius 1 is 0.897 bits per heavy atom. The molecule has 0 aliphatic heterocycles. The number of rotatable bonds is 4. The van der Waals surface area contributed by atoms with Gasteiger partial charge in [-0.3, -0.25) is 9.59 Å². The van der Waals surface area contributed by atoms with Gasteiger partial charge in [-0.05, 0) is 60.7 Å². The quantitative estimate of drug-likeness (QED) is 0.540. The first-order valence-corrected chi connectivity index (χ1v) is 9.58. The van der Waals surface area contributed by atoms with Crippen LogP contribution in [-0.4, -0.2) is 10.9 Å². The largest absolute Gasteiger partial charge is 0.322 e. The Bertz CT molecular complexity index is 1240. The van der Waals surface area contributed by atoms with Gasteiger partial charge in [0.25, 0.3) is 11.5 Å². The van der Waals surface area contributed by atoms with Crippen molar-refractivity contribution in [1.29, 1.82) is 0 Å². The second kappa shape index (κ2) is 7.76. The van der Waals surface area contributed by atoms with E-state index >= 15 is 0 Å². The molecule has 1 aromatic heterocycles. The SMILES string of the molecule is Cc1cccc(N(Cc2cc3ccccc3[nH]c2=O)C(=O)c2ccccc2)c1C. The molecule has 29 heavy (non-hydrogen) atoms. The Labute approximate surface area is 169 Å². The van der Waals surface area contributed by atoms with Crippen LogP contribution in [-0.2, 0) is 6.54 Å². The van der Waals surface area contributed by atoms with Crippen molar-refractivity contribution in [2.75, 3.05) is 4.90 Å². The van der Waals surface area contributed by atoms with Crippen molar-refractivity contribution in [3.05, 3.63) is 111 Å². The lowest BCUT2D eigenvalue weighted by Gasteiger charge is -2.25. The Hall–Kier alpha value is -3.66. The van der Waals surface area contributed by atoms with Crippen molar-refractivity contribution in [1.82, 2.24) is 4.98 Å². The Morgan fingerprint density at radius 3 is 2.41 bits per heavy atom. The zero-order valence-corrected chi connectivity index (χ0v) is 16.5. The first kappa shape index (κ1) is 18.7. The van der Waals surface area contributed by atoms with Gasteiger partial charge in [-0.1, -0.05) is 48.5 Å². The third-order valence-electron chi connectivity index (χ3n) is 5.29. The number of aromatic amines is 1. The van der Waals surface area contributed by atoms with Gasteiger partial charge in [0.15, 0.2) is 0 Å². The molecule has 0 aliphatic rings. The molecule has 4 rings (SSSR count). The Kier molecular flexibility index (Phi) is 5.00. The summed E-state index contributed by atoms with van der Waals surface area (Å²) in [5.41, 5.74) is 4.68. The van der Waals surface area contributed by atoms with Crippen LogP contribution >= 0.6 is 0 Å². The average molecular weight is 382 g/mol. The second-order valence-corrected chi connectivity index (χ2v) is 7.19. The molecule has 0 saturated carbocycles. The summed E-state index contributed by atoms with van der Waals surface area (Å²) in [4.78, 5) is 30.7. The predicted molar refractivity (Wildman–Crippen MR) is 117 cm³/mol. The molecule has 4 heteroatoms. The fourth-order valence-corrected chi connectivity index (χ4v) is 3.51. The van der Waals surface area contributed by atoms with Crippen molar-refractivity contribution < 1.29 is 4.79 Å². The number of carbonyl (C=O) groups excluding carboxylic acids is 1. The molecule has 3 aromatic carbocycles. The number of nitrogens with one attached hydrogen (secondary N) is 1. The van der Waals surface area contributed by atoms with E-state index < -0.39 is 0 Å². The van der Waals surface area contributed by atoms with Gasteiger partial charge < -0.3 is 9.88 Å². The number of hydrogen-bond acceptors (Lipinski definition) is 2. The molecule has 0 spiro atoms. The van der Waals surface area contributed by atoms with Crippen LogP contribution in [0, 0.1) is 13.8 Å². The smallest absolute Gasteiger partial charge is 0.258 e. The molecule has 0 saturated heterocycles. The molecule has 144 valence electrons. The molecule has 0 atom stereocenters. The van der Waals surface area contributed by atoms with Crippen LogP contribution in [0.2, 0.25) is 0 Å². The first-order valence-electron chi connectivity index (χ1n) is 9.58. The monoisotopic (exact) mass is 382 g/mol. The topological polar surface area (TPSA) is 53.2 Å². The van der Waals surface area contributed by atoms with Crippen LogP contribution < -0.4 is 10.5 Å². The van der Waals surface area contributed by atoms with Gasteiger partial charge in [0, 0.05) is 22.3 Å². The average Bonchev–Trinajstić information content (AvgIpc) is 2.74. The van der Waals surface area contributed by atoms with Crippen LogP contribution in [0.4, 0.5) is 5.69 Å². The maximum Gasteiger partial charge on any atom is 0.258 e. The van der Waals surface area contributed by atoms with Crippen LogP contribution in [0.25, 0.3) is 10.9 Å². The van der Waals surface area contributed by atoms with E-state index in [1.165, 1.54) is 0 Å². The van der Waals surface area contributed by atoms with E-state index in [1.54, 1.807) is 17.0 Å². The predicted octanol–water partition coefficient (Wildman–Crippen LogP) is 4.99. The molecule has 0 aliphatic carbocycles. The summed E-state index contributed by atoms with van der Waals surface area (Å²) in [6, 6.07) is 24.6. The molecule has 0 fully saturated rings. The van der Waals surface area contributed by atoms with Crippen LogP contribution in [0.15, 0.2) is 83.7 Å². The minimum absolute atomic E-state index is 0.133. The number of aryl methyl sites for hydroxylation is 1. The minimum atomic E-state index is -0.181. The molecule has 1 amide bonds.